The van der Waals surface area contributed by atoms with Gasteiger partial charge >= 0.3 is 5.82 Å². The zero-order chi connectivity index (χ0) is 11.5. The topological polar surface area (TPSA) is 39.8 Å². The molecule has 0 aliphatic rings. The van der Waals surface area contributed by atoms with Crippen LogP contribution in [0.2, 0.25) is 0 Å². The third kappa shape index (κ3) is 1.89. The molecule has 0 bridgehead atoms. The highest BCUT2D eigenvalue weighted by Gasteiger charge is 2.13. The van der Waals surface area contributed by atoms with Gasteiger partial charge in [0.2, 0.25) is 0 Å². The molecule has 0 spiro atoms. The Morgan fingerprint density at radius 3 is 2.56 bits per heavy atom. The molecule has 1 aromatic carbocycles. The normalized spacial score (nSPS) is 10.4. The molecule has 0 saturated heterocycles. The SMILES string of the molecule is CCc1nc(-c2ccccc2)cc(C)[n+]1[O-]. The average Bonchev–Trinajstić information content (AvgIpc) is 2.33. The van der Waals surface area contributed by atoms with Gasteiger partial charge in [-0.3, -0.25) is 0 Å². The quantitative estimate of drug-likeness (QED) is 0.568. The van der Waals surface area contributed by atoms with E-state index in [0.29, 0.717) is 17.9 Å². The fourth-order valence-electron chi connectivity index (χ4n) is 1.66. The molecule has 0 amide bonds. The van der Waals surface area contributed by atoms with E-state index in [1.165, 1.54) is 0 Å². The van der Waals surface area contributed by atoms with Crippen LogP contribution < -0.4 is 4.73 Å². The van der Waals surface area contributed by atoms with Crippen LogP contribution >= 0.6 is 0 Å². The molecule has 16 heavy (non-hydrogen) atoms. The van der Waals surface area contributed by atoms with Crippen molar-refractivity contribution in [2.75, 3.05) is 0 Å². The van der Waals surface area contributed by atoms with Gasteiger partial charge in [0.25, 0.3) is 0 Å². The summed E-state index contributed by atoms with van der Waals surface area (Å²) in [5, 5.41) is 11.6. The molecule has 0 atom stereocenters. The molecule has 0 aliphatic carbocycles. The van der Waals surface area contributed by atoms with Crippen molar-refractivity contribution in [2.24, 2.45) is 0 Å². The molecule has 2 rings (SSSR count). The molecule has 3 nitrogen and oxygen atoms in total. The summed E-state index contributed by atoms with van der Waals surface area (Å²) < 4.78 is 0.895. The molecule has 0 radical (unpaired) electrons. The van der Waals surface area contributed by atoms with Crippen molar-refractivity contribution in [3.63, 3.8) is 0 Å². The van der Waals surface area contributed by atoms with E-state index in [2.05, 4.69) is 4.98 Å². The van der Waals surface area contributed by atoms with Crippen molar-refractivity contribution in [3.05, 3.63) is 53.1 Å². The van der Waals surface area contributed by atoms with Crippen LogP contribution in [0.15, 0.2) is 36.4 Å². The van der Waals surface area contributed by atoms with E-state index < -0.39 is 0 Å². The maximum atomic E-state index is 11.6. The van der Waals surface area contributed by atoms with E-state index in [1.807, 2.05) is 43.3 Å². The first-order valence-corrected chi connectivity index (χ1v) is 5.38. The minimum Gasteiger partial charge on any atom is -0.711 e. The summed E-state index contributed by atoms with van der Waals surface area (Å²) in [6.45, 7) is 3.74. The first-order chi connectivity index (χ1) is 7.72. The van der Waals surface area contributed by atoms with E-state index >= 15 is 0 Å². The lowest BCUT2D eigenvalue weighted by molar-refractivity contribution is -0.624. The van der Waals surface area contributed by atoms with Gasteiger partial charge in [0.15, 0.2) is 5.69 Å². The fraction of sp³-hybridized carbons (Fsp3) is 0.231. The van der Waals surface area contributed by atoms with E-state index in [9.17, 15) is 5.21 Å². The summed E-state index contributed by atoms with van der Waals surface area (Å²) >= 11 is 0. The van der Waals surface area contributed by atoms with E-state index in [-0.39, 0.29) is 0 Å². The Labute approximate surface area is 95.0 Å². The monoisotopic (exact) mass is 214 g/mol. The Bertz CT molecular complexity index is 495. The third-order valence-electron chi connectivity index (χ3n) is 2.54. The number of hydrogen-bond acceptors (Lipinski definition) is 2. The lowest BCUT2D eigenvalue weighted by Gasteiger charge is -2.09. The lowest BCUT2D eigenvalue weighted by atomic mass is 10.1. The van der Waals surface area contributed by atoms with Crippen LogP contribution in [0.5, 0.6) is 0 Å². The summed E-state index contributed by atoms with van der Waals surface area (Å²) in [4.78, 5) is 4.37. The average molecular weight is 214 g/mol. The molecule has 0 fully saturated rings. The van der Waals surface area contributed by atoms with Crippen molar-refractivity contribution in [2.45, 2.75) is 20.3 Å². The molecule has 0 saturated carbocycles. The lowest BCUT2D eigenvalue weighted by Crippen LogP contribution is -2.36. The van der Waals surface area contributed by atoms with Gasteiger partial charge in [-0.15, -0.1) is 0 Å². The second-order valence-electron chi connectivity index (χ2n) is 3.71. The van der Waals surface area contributed by atoms with Gasteiger partial charge in [0.05, 0.1) is 6.42 Å². The number of nitrogens with zero attached hydrogens (tertiary/aromatic N) is 2. The summed E-state index contributed by atoms with van der Waals surface area (Å²) in [7, 11) is 0. The Kier molecular flexibility index (Phi) is 2.86. The van der Waals surface area contributed by atoms with Crippen LogP contribution in [0.4, 0.5) is 0 Å². The van der Waals surface area contributed by atoms with Crippen LogP contribution in [0, 0.1) is 12.1 Å². The zero-order valence-electron chi connectivity index (χ0n) is 9.47. The largest absolute Gasteiger partial charge is 0.711 e. The number of benzene rings is 1. The maximum absolute atomic E-state index is 11.6. The summed E-state index contributed by atoms with van der Waals surface area (Å²) in [5.41, 5.74) is 2.59. The van der Waals surface area contributed by atoms with Gasteiger partial charge in [-0.1, -0.05) is 37.3 Å². The molecular formula is C13H14N2O. The van der Waals surface area contributed by atoms with Gasteiger partial charge in [-0.05, 0) is 11.9 Å². The predicted molar refractivity (Wildman–Crippen MR) is 62.7 cm³/mol. The van der Waals surface area contributed by atoms with Crippen molar-refractivity contribution >= 4 is 0 Å². The second kappa shape index (κ2) is 4.31. The van der Waals surface area contributed by atoms with E-state index in [1.54, 1.807) is 6.92 Å². The molecule has 1 heterocycles. The highest BCUT2D eigenvalue weighted by molar-refractivity contribution is 5.58. The highest BCUT2D eigenvalue weighted by Crippen LogP contribution is 2.16. The fourth-order valence-corrected chi connectivity index (χ4v) is 1.66. The molecule has 0 unspecified atom stereocenters. The van der Waals surface area contributed by atoms with Gasteiger partial charge in [0.1, 0.15) is 5.69 Å². The minimum absolute atomic E-state index is 0.568. The Hall–Kier alpha value is -1.90. The summed E-state index contributed by atoms with van der Waals surface area (Å²) in [5.74, 6) is 0.568. The Morgan fingerprint density at radius 1 is 1.25 bits per heavy atom. The van der Waals surface area contributed by atoms with Gasteiger partial charge < -0.3 is 5.21 Å². The number of hydrogen-bond donors (Lipinski definition) is 0. The second-order valence-corrected chi connectivity index (χ2v) is 3.71. The van der Waals surface area contributed by atoms with E-state index in [4.69, 9.17) is 0 Å². The van der Waals surface area contributed by atoms with Crippen molar-refractivity contribution in [1.82, 2.24) is 4.98 Å². The number of rotatable bonds is 2. The van der Waals surface area contributed by atoms with Crippen LogP contribution in [0.1, 0.15) is 18.4 Å². The predicted octanol–water partition coefficient (Wildman–Crippen LogP) is 2.25. The van der Waals surface area contributed by atoms with Crippen molar-refractivity contribution in [3.8, 4) is 11.3 Å². The molecule has 82 valence electrons. The smallest absolute Gasteiger partial charge is 0.301 e. The Balaban J connectivity index is 2.55. The van der Waals surface area contributed by atoms with Gasteiger partial charge in [-0.25, -0.2) is 4.73 Å². The minimum atomic E-state index is 0.568. The summed E-state index contributed by atoms with van der Waals surface area (Å²) in [6, 6.07) is 11.7. The van der Waals surface area contributed by atoms with Gasteiger partial charge in [0, 0.05) is 11.6 Å². The molecule has 0 N–H and O–H groups in total. The Morgan fingerprint density at radius 2 is 1.94 bits per heavy atom. The maximum Gasteiger partial charge on any atom is 0.301 e. The third-order valence-corrected chi connectivity index (χ3v) is 2.54. The summed E-state index contributed by atoms with van der Waals surface area (Å²) in [6.07, 6.45) is 0.644. The zero-order valence-corrected chi connectivity index (χ0v) is 9.47. The first kappa shape index (κ1) is 10.6. The van der Waals surface area contributed by atoms with Crippen LogP contribution in [-0.4, -0.2) is 4.98 Å². The highest BCUT2D eigenvalue weighted by atomic mass is 16.5. The standard InChI is InChI=1S/C13H14N2O/c1-3-13-14-12(9-10(2)15(13)16)11-7-5-4-6-8-11/h4-9H,3H2,1-2H3. The molecule has 3 heteroatoms. The molecular weight excluding hydrogens is 200 g/mol. The van der Waals surface area contributed by atoms with Crippen LogP contribution in [0.25, 0.3) is 11.3 Å². The molecule has 0 aliphatic heterocycles. The van der Waals surface area contributed by atoms with Crippen molar-refractivity contribution < 1.29 is 4.73 Å². The van der Waals surface area contributed by atoms with Crippen LogP contribution in [0.3, 0.4) is 0 Å². The first-order valence-electron chi connectivity index (χ1n) is 5.38. The number of aromatic nitrogens is 2. The van der Waals surface area contributed by atoms with Gasteiger partial charge in [-0.2, -0.15) is 0 Å². The van der Waals surface area contributed by atoms with Crippen LogP contribution in [-0.2, 0) is 6.42 Å². The number of aryl methyl sites for hydroxylation is 2. The van der Waals surface area contributed by atoms with Crippen molar-refractivity contribution in [1.29, 1.82) is 0 Å². The molecule has 2 aromatic rings. The van der Waals surface area contributed by atoms with E-state index in [0.717, 1.165) is 16.0 Å². The molecule has 1 aromatic heterocycles.